The maximum absolute atomic E-state index is 12.7. The second kappa shape index (κ2) is 14.0. The van der Waals surface area contributed by atoms with E-state index in [9.17, 15) is 13.5 Å². The quantitative estimate of drug-likeness (QED) is 0.187. The van der Waals surface area contributed by atoms with Gasteiger partial charge in [-0.3, -0.25) is 0 Å². The van der Waals surface area contributed by atoms with Crippen LogP contribution in [0.25, 0.3) is 11.1 Å². The van der Waals surface area contributed by atoms with E-state index in [1.54, 1.807) is 35.0 Å². The number of aliphatic hydroxyl groups is 1. The molecule has 3 atom stereocenters. The number of thioether (sulfide) groups is 1. The summed E-state index contributed by atoms with van der Waals surface area (Å²) in [5.74, 6) is 0.651. The summed E-state index contributed by atoms with van der Waals surface area (Å²) in [5, 5.41) is 21.9. The van der Waals surface area contributed by atoms with Crippen molar-refractivity contribution in [2.45, 2.75) is 48.1 Å². The maximum Gasteiger partial charge on any atom is 0.240 e. The van der Waals surface area contributed by atoms with E-state index in [1.807, 2.05) is 79.8 Å². The van der Waals surface area contributed by atoms with E-state index in [0.717, 1.165) is 33.4 Å². The van der Waals surface area contributed by atoms with Crippen LogP contribution in [0, 0.1) is 0 Å². The van der Waals surface area contributed by atoms with E-state index >= 15 is 0 Å². The fourth-order valence-corrected chi connectivity index (χ4v) is 6.99. The Labute approximate surface area is 266 Å². The second-order valence-corrected chi connectivity index (χ2v) is 13.5. The Morgan fingerprint density at radius 3 is 2.36 bits per heavy atom. The summed E-state index contributed by atoms with van der Waals surface area (Å²) in [5.41, 5.74) is 5.56. The molecule has 0 aliphatic carbocycles. The molecule has 0 saturated carbocycles. The summed E-state index contributed by atoms with van der Waals surface area (Å²) >= 11 is 1.54. The molecule has 6 rings (SSSR count). The number of aryl methyl sites for hydroxylation is 1. The van der Waals surface area contributed by atoms with Gasteiger partial charge in [-0.2, -0.15) is 0 Å². The van der Waals surface area contributed by atoms with Gasteiger partial charge in [-0.25, -0.2) is 17.8 Å². The molecule has 1 aliphatic heterocycles. The van der Waals surface area contributed by atoms with Crippen molar-refractivity contribution in [3.8, 4) is 11.1 Å². The second-order valence-electron chi connectivity index (χ2n) is 10.7. The third-order valence-electron chi connectivity index (χ3n) is 7.56. The zero-order valence-corrected chi connectivity index (χ0v) is 26.2. The minimum atomic E-state index is -3.61. The standard InChI is InChI=1S/C33H33N5O5S2/c1-38-33(35-36-37-38)44-22-29-19-31(26-12-10-23(21-39)11-13-26)43-32(42-29)27-16-14-25(15-17-27)28-7-5-6-24(18-28)20-34-45(40,41)30-8-3-2-4-9-30/h2-18,29,31-32,34,39H,19-22H2,1H3. The first kappa shape index (κ1) is 31.1. The largest absolute Gasteiger partial charge is 0.392 e. The predicted molar refractivity (Wildman–Crippen MR) is 170 cm³/mol. The van der Waals surface area contributed by atoms with Gasteiger partial charge in [0.1, 0.15) is 0 Å². The van der Waals surface area contributed by atoms with Crippen LogP contribution in [0.4, 0.5) is 0 Å². The molecule has 5 aromatic rings. The zero-order valence-electron chi connectivity index (χ0n) is 24.6. The van der Waals surface area contributed by atoms with Crippen molar-refractivity contribution in [1.82, 2.24) is 24.9 Å². The Bertz CT molecular complexity index is 1820. The molecule has 10 nitrogen and oxygen atoms in total. The van der Waals surface area contributed by atoms with Crippen LogP contribution in [-0.2, 0) is 39.7 Å². The van der Waals surface area contributed by atoms with Gasteiger partial charge in [-0.1, -0.05) is 96.7 Å². The molecule has 3 unspecified atom stereocenters. The minimum Gasteiger partial charge on any atom is -0.392 e. The lowest BCUT2D eigenvalue weighted by atomic mass is 9.99. The highest BCUT2D eigenvalue weighted by Gasteiger charge is 2.32. The zero-order chi connectivity index (χ0) is 31.2. The van der Waals surface area contributed by atoms with E-state index in [2.05, 4.69) is 20.2 Å². The Kier molecular flexibility index (Phi) is 9.69. The van der Waals surface area contributed by atoms with Gasteiger partial charge in [0.05, 0.1) is 23.7 Å². The van der Waals surface area contributed by atoms with Crippen LogP contribution >= 0.6 is 11.8 Å². The van der Waals surface area contributed by atoms with Crippen LogP contribution in [0.2, 0.25) is 0 Å². The average molecular weight is 644 g/mol. The van der Waals surface area contributed by atoms with Crippen molar-refractivity contribution >= 4 is 21.8 Å². The average Bonchev–Trinajstić information content (AvgIpc) is 3.51. The van der Waals surface area contributed by atoms with Crippen molar-refractivity contribution in [3.63, 3.8) is 0 Å². The molecular formula is C33H33N5O5S2. The highest BCUT2D eigenvalue weighted by atomic mass is 32.2. The van der Waals surface area contributed by atoms with Gasteiger partial charge in [-0.15, -0.1) is 5.10 Å². The number of tetrazole rings is 1. The third-order valence-corrected chi connectivity index (χ3v) is 10.1. The first-order valence-electron chi connectivity index (χ1n) is 14.5. The van der Waals surface area contributed by atoms with Crippen molar-refractivity contribution in [2.75, 3.05) is 5.75 Å². The molecule has 232 valence electrons. The lowest BCUT2D eigenvalue weighted by Crippen LogP contribution is -2.31. The minimum absolute atomic E-state index is 0.0128. The number of nitrogens with zero attached hydrogens (tertiary/aromatic N) is 4. The summed E-state index contributed by atoms with van der Waals surface area (Å²) in [6.07, 6.45) is -0.247. The van der Waals surface area contributed by atoms with Crippen LogP contribution in [0.1, 0.15) is 41.1 Å². The molecule has 1 aliphatic rings. The van der Waals surface area contributed by atoms with Gasteiger partial charge in [-0.05, 0) is 56.4 Å². The van der Waals surface area contributed by atoms with E-state index in [1.165, 1.54) is 11.8 Å². The third kappa shape index (κ3) is 7.67. The molecule has 0 amide bonds. The molecule has 1 fully saturated rings. The van der Waals surface area contributed by atoms with Crippen LogP contribution in [0.3, 0.4) is 0 Å². The van der Waals surface area contributed by atoms with Gasteiger partial charge < -0.3 is 14.6 Å². The van der Waals surface area contributed by atoms with Gasteiger partial charge in [0.2, 0.25) is 15.2 Å². The topological polar surface area (TPSA) is 128 Å². The number of ether oxygens (including phenoxy) is 2. The van der Waals surface area contributed by atoms with Crippen LogP contribution in [-0.4, -0.2) is 45.6 Å². The summed E-state index contributed by atoms with van der Waals surface area (Å²) in [6.45, 7) is 0.165. The molecule has 4 aromatic carbocycles. The monoisotopic (exact) mass is 643 g/mol. The molecule has 0 spiro atoms. The predicted octanol–water partition coefficient (Wildman–Crippen LogP) is 5.19. The smallest absolute Gasteiger partial charge is 0.240 e. The molecule has 0 radical (unpaired) electrons. The highest BCUT2D eigenvalue weighted by Crippen LogP contribution is 2.39. The summed E-state index contributed by atoms with van der Waals surface area (Å²) < 4.78 is 42.6. The van der Waals surface area contributed by atoms with Crippen molar-refractivity contribution in [1.29, 1.82) is 0 Å². The first-order chi connectivity index (χ1) is 21.9. The molecule has 45 heavy (non-hydrogen) atoms. The lowest BCUT2D eigenvalue weighted by Gasteiger charge is -2.36. The first-order valence-corrected chi connectivity index (χ1v) is 16.9. The van der Waals surface area contributed by atoms with Crippen LogP contribution in [0.15, 0.2) is 113 Å². The molecule has 0 bridgehead atoms. The highest BCUT2D eigenvalue weighted by molar-refractivity contribution is 7.99. The number of sulfonamides is 1. The number of aromatic nitrogens is 4. The number of aliphatic hydroxyl groups excluding tert-OH is 1. The van der Waals surface area contributed by atoms with Crippen molar-refractivity contribution < 1.29 is 23.0 Å². The Balaban J connectivity index is 1.17. The molecular weight excluding hydrogens is 611 g/mol. The van der Waals surface area contributed by atoms with Gasteiger partial charge in [0, 0.05) is 31.3 Å². The Morgan fingerprint density at radius 2 is 1.64 bits per heavy atom. The summed E-state index contributed by atoms with van der Waals surface area (Å²) in [6, 6.07) is 32.0. The van der Waals surface area contributed by atoms with Crippen molar-refractivity contribution in [3.05, 3.63) is 125 Å². The lowest BCUT2D eigenvalue weighted by molar-refractivity contribution is -0.245. The fraction of sp³-hybridized carbons (Fsp3) is 0.242. The van der Waals surface area contributed by atoms with Gasteiger partial charge >= 0.3 is 0 Å². The Morgan fingerprint density at radius 1 is 0.889 bits per heavy atom. The van der Waals surface area contributed by atoms with Gasteiger partial charge in [0.25, 0.3) is 0 Å². The number of rotatable bonds is 11. The van der Waals surface area contributed by atoms with E-state index in [0.29, 0.717) is 17.3 Å². The molecule has 1 aromatic heterocycles. The van der Waals surface area contributed by atoms with Crippen LogP contribution < -0.4 is 4.72 Å². The number of benzene rings is 4. The Hall–Kier alpha value is -3.91. The molecule has 2 N–H and O–H groups in total. The van der Waals surface area contributed by atoms with Crippen LogP contribution in [0.5, 0.6) is 0 Å². The van der Waals surface area contributed by atoms with Crippen molar-refractivity contribution in [2.24, 2.45) is 7.05 Å². The number of hydrogen-bond acceptors (Lipinski definition) is 9. The van der Waals surface area contributed by atoms with E-state index in [4.69, 9.17) is 9.47 Å². The summed E-state index contributed by atoms with van der Waals surface area (Å²) in [7, 11) is -1.80. The number of nitrogens with one attached hydrogen (secondary N) is 1. The molecule has 1 saturated heterocycles. The maximum atomic E-state index is 12.7. The number of hydrogen-bond donors (Lipinski definition) is 2. The molecule has 12 heteroatoms. The molecule has 2 heterocycles. The fourth-order valence-electron chi connectivity index (χ4n) is 5.09. The van der Waals surface area contributed by atoms with E-state index in [-0.39, 0.29) is 30.3 Å². The van der Waals surface area contributed by atoms with Gasteiger partial charge in [0.15, 0.2) is 6.29 Å². The summed E-state index contributed by atoms with van der Waals surface area (Å²) in [4.78, 5) is 0.236. The normalized spacial score (nSPS) is 18.6. The van der Waals surface area contributed by atoms with E-state index < -0.39 is 16.3 Å². The SMILES string of the molecule is Cn1nnnc1SCC1CC(c2ccc(CO)cc2)OC(c2ccc(-c3cccc(CNS(=O)(=O)c4ccccc4)c3)cc2)O1.